The smallest absolute Gasteiger partial charge is 0.191 e. The van der Waals surface area contributed by atoms with Gasteiger partial charge in [-0.25, -0.2) is 9.98 Å². The quantitative estimate of drug-likeness (QED) is 0.555. The highest BCUT2D eigenvalue weighted by Crippen LogP contribution is 2.20. The van der Waals surface area contributed by atoms with Crippen molar-refractivity contribution in [2.75, 3.05) is 27.2 Å². The lowest BCUT2D eigenvalue weighted by molar-refractivity contribution is 0.298. The molecule has 0 fully saturated rings. The maximum atomic E-state index is 6.01. The first-order valence-corrected chi connectivity index (χ1v) is 9.97. The van der Waals surface area contributed by atoms with E-state index in [9.17, 15) is 0 Å². The lowest BCUT2D eigenvalue weighted by atomic mass is 10.1. The summed E-state index contributed by atoms with van der Waals surface area (Å²) in [4.78, 5) is 12.7. The van der Waals surface area contributed by atoms with E-state index < -0.39 is 0 Å². The molecule has 0 spiro atoms. The zero-order chi connectivity index (χ0) is 19.1. The molecule has 0 saturated heterocycles. The lowest BCUT2D eigenvalue weighted by Crippen LogP contribution is -2.41. The van der Waals surface area contributed by atoms with Crippen molar-refractivity contribution in [2.24, 2.45) is 4.99 Å². The molecule has 0 aliphatic rings. The number of guanidine groups is 1. The third-order valence-electron chi connectivity index (χ3n) is 4.13. The van der Waals surface area contributed by atoms with Crippen molar-refractivity contribution in [3.8, 4) is 0 Å². The number of hydrogen-bond donors (Lipinski definition) is 2. The first-order valence-electron chi connectivity index (χ1n) is 8.77. The molecule has 0 saturated carbocycles. The highest BCUT2D eigenvalue weighted by atomic mass is 35.5. The van der Waals surface area contributed by atoms with E-state index in [2.05, 4.69) is 65.6 Å². The Labute approximate surface area is 165 Å². The van der Waals surface area contributed by atoms with Crippen LogP contribution in [0.2, 0.25) is 5.02 Å². The summed E-state index contributed by atoms with van der Waals surface area (Å²) in [5.41, 5.74) is 2.31. The van der Waals surface area contributed by atoms with E-state index in [1.807, 2.05) is 19.1 Å². The van der Waals surface area contributed by atoms with Gasteiger partial charge in [0.25, 0.3) is 0 Å². The maximum absolute atomic E-state index is 6.01. The third kappa shape index (κ3) is 5.97. The summed E-state index contributed by atoms with van der Waals surface area (Å²) in [5.74, 6) is 0.804. The summed E-state index contributed by atoms with van der Waals surface area (Å²) in [7, 11) is 4.15. The van der Waals surface area contributed by atoms with Crippen LogP contribution in [0.3, 0.4) is 0 Å². The number of nitrogens with one attached hydrogen (secondary N) is 2. The minimum absolute atomic E-state index is 0.223. The average Bonchev–Trinajstić information content (AvgIpc) is 2.92. The summed E-state index contributed by atoms with van der Waals surface area (Å²) in [6.45, 7) is 8.35. The van der Waals surface area contributed by atoms with Crippen LogP contribution in [0.25, 0.3) is 0 Å². The second kappa shape index (κ2) is 9.90. The number of benzene rings is 1. The molecule has 26 heavy (non-hydrogen) atoms. The van der Waals surface area contributed by atoms with Gasteiger partial charge in [0.05, 0.1) is 18.3 Å². The average molecular weight is 394 g/mol. The Morgan fingerprint density at radius 1 is 1.23 bits per heavy atom. The van der Waals surface area contributed by atoms with Crippen LogP contribution in [-0.4, -0.2) is 43.0 Å². The Kier molecular flexibility index (Phi) is 7.87. The van der Waals surface area contributed by atoms with Crippen molar-refractivity contribution in [2.45, 2.75) is 33.4 Å². The molecule has 142 valence electrons. The molecule has 2 aromatic rings. The van der Waals surface area contributed by atoms with Crippen LogP contribution in [-0.2, 0) is 6.54 Å². The number of hydrogen-bond acceptors (Lipinski definition) is 4. The molecule has 0 amide bonds. The van der Waals surface area contributed by atoms with E-state index in [4.69, 9.17) is 11.6 Å². The second-order valence-electron chi connectivity index (χ2n) is 6.36. The highest BCUT2D eigenvalue weighted by molar-refractivity contribution is 7.11. The normalized spacial score (nSPS) is 13.1. The fourth-order valence-electron chi connectivity index (χ4n) is 2.57. The van der Waals surface area contributed by atoms with Gasteiger partial charge < -0.3 is 15.5 Å². The minimum atomic E-state index is 0.223. The third-order valence-corrected chi connectivity index (χ3v) is 5.44. The summed E-state index contributed by atoms with van der Waals surface area (Å²) in [5, 5.41) is 8.55. The number of aromatic nitrogens is 1. The molecular formula is C19H28ClN5S. The molecule has 0 radical (unpaired) electrons. The Bertz CT molecular complexity index is 705. The highest BCUT2D eigenvalue weighted by Gasteiger charge is 2.14. The van der Waals surface area contributed by atoms with Crippen LogP contribution >= 0.6 is 22.9 Å². The number of likely N-dealkylation sites (N-methyl/N-ethyl adjacent to an activating group) is 1. The van der Waals surface area contributed by atoms with E-state index in [-0.39, 0.29) is 6.04 Å². The van der Waals surface area contributed by atoms with E-state index in [1.165, 1.54) is 10.4 Å². The molecule has 7 heteroatoms. The molecule has 1 aromatic carbocycles. The van der Waals surface area contributed by atoms with Crippen LogP contribution < -0.4 is 10.6 Å². The molecule has 2 N–H and O–H groups in total. The van der Waals surface area contributed by atoms with E-state index in [0.717, 1.165) is 34.8 Å². The topological polar surface area (TPSA) is 52.6 Å². The molecule has 1 atom stereocenters. The largest absolute Gasteiger partial charge is 0.357 e. The van der Waals surface area contributed by atoms with Gasteiger partial charge in [-0.3, -0.25) is 0 Å². The predicted molar refractivity (Wildman–Crippen MR) is 112 cm³/mol. The number of halogens is 1. The minimum Gasteiger partial charge on any atom is -0.357 e. The first kappa shape index (κ1) is 20.7. The van der Waals surface area contributed by atoms with Crippen LogP contribution in [0, 0.1) is 13.8 Å². The lowest BCUT2D eigenvalue weighted by Gasteiger charge is -2.26. The first-order chi connectivity index (χ1) is 12.4. The second-order valence-corrected chi connectivity index (χ2v) is 8.08. The number of thiazole rings is 1. The van der Waals surface area contributed by atoms with Gasteiger partial charge in [-0.05, 0) is 52.6 Å². The van der Waals surface area contributed by atoms with Gasteiger partial charge in [-0.2, -0.15) is 0 Å². The fourth-order valence-corrected chi connectivity index (χ4v) is 3.56. The zero-order valence-corrected chi connectivity index (χ0v) is 17.7. The summed E-state index contributed by atoms with van der Waals surface area (Å²) >= 11 is 7.72. The van der Waals surface area contributed by atoms with Gasteiger partial charge in [0.15, 0.2) is 5.96 Å². The molecule has 2 rings (SSSR count). The number of aryl methyl sites for hydroxylation is 2. The van der Waals surface area contributed by atoms with Crippen LogP contribution in [0.1, 0.15) is 34.1 Å². The Balaban J connectivity index is 2.04. The molecule has 1 unspecified atom stereocenters. The summed E-state index contributed by atoms with van der Waals surface area (Å²) < 4.78 is 0. The number of aliphatic imine (C=N–C) groups is 1. The molecule has 0 aliphatic heterocycles. The Hall–Kier alpha value is -1.63. The van der Waals surface area contributed by atoms with Gasteiger partial charge in [-0.15, -0.1) is 11.3 Å². The molecule has 0 bridgehead atoms. The van der Waals surface area contributed by atoms with Crippen molar-refractivity contribution in [3.05, 3.63) is 50.4 Å². The van der Waals surface area contributed by atoms with Gasteiger partial charge >= 0.3 is 0 Å². The maximum Gasteiger partial charge on any atom is 0.191 e. The molecule has 1 heterocycles. The van der Waals surface area contributed by atoms with E-state index in [1.54, 1.807) is 11.3 Å². The number of nitrogens with zero attached hydrogens (tertiary/aromatic N) is 3. The van der Waals surface area contributed by atoms with E-state index >= 15 is 0 Å². The van der Waals surface area contributed by atoms with E-state index in [0.29, 0.717) is 6.54 Å². The van der Waals surface area contributed by atoms with Crippen molar-refractivity contribution in [3.63, 3.8) is 0 Å². The molecule has 1 aromatic heterocycles. The van der Waals surface area contributed by atoms with Crippen molar-refractivity contribution in [1.29, 1.82) is 0 Å². The summed E-state index contributed by atoms with van der Waals surface area (Å²) in [6, 6.07) is 8.22. The predicted octanol–water partition coefficient (Wildman–Crippen LogP) is 3.77. The van der Waals surface area contributed by atoms with Crippen LogP contribution in [0.4, 0.5) is 0 Å². The van der Waals surface area contributed by atoms with Crippen LogP contribution in [0.5, 0.6) is 0 Å². The molecule has 5 nitrogen and oxygen atoms in total. The number of rotatable bonds is 7. The van der Waals surface area contributed by atoms with Gasteiger partial charge in [0, 0.05) is 23.0 Å². The summed E-state index contributed by atoms with van der Waals surface area (Å²) in [6.07, 6.45) is 0. The SMILES string of the molecule is CCNC(=NCc1nc(C)c(C)s1)NCC(c1ccc(Cl)cc1)N(C)C. The monoisotopic (exact) mass is 393 g/mol. The van der Waals surface area contributed by atoms with Crippen LogP contribution in [0.15, 0.2) is 29.3 Å². The van der Waals surface area contributed by atoms with Crippen molar-refractivity contribution in [1.82, 2.24) is 20.5 Å². The Morgan fingerprint density at radius 2 is 1.92 bits per heavy atom. The Morgan fingerprint density at radius 3 is 2.46 bits per heavy atom. The fraction of sp³-hybridized carbons (Fsp3) is 0.474. The van der Waals surface area contributed by atoms with Gasteiger partial charge in [0.1, 0.15) is 5.01 Å². The van der Waals surface area contributed by atoms with Gasteiger partial charge in [-0.1, -0.05) is 23.7 Å². The van der Waals surface area contributed by atoms with Gasteiger partial charge in [0.2, 0.25) is 0 Å². The molecule has 0 aliphatic carbocycles. The van der Waals surface area contributed by atoms with Crippen molar-refractivity contribution >= 4 is 28.9 Å². The zero-order valence-electron chi connectivity index (χ0n) is 16.1. The standard InChI is InChI=1S/C19H28ClN5S/c1-6-21-19(23-12-18-24-13(2)14(3)26-18)22-11-17(25(4)5)15-7-9-16(20)10-8-15/h7-10,17H,6,11-12H2,1-5H3,(H2,21,22,23). The molecular weight excluding hydrogens is 366 g/mol. The van der Waals surface area contributed by atoms with Crippen molar-refractivity contribution < 1.29 is 0 Å².